The van der Waals surface area contributed by atoms with Crippen molar-refractivity contribution < 1.29 is 14.6 Å². The smallest absolute Gasteiger partial charge is 0.119 e. The van der Waals surface area contributed by atoms with Gasteiger partial charge in [0, 0.05) is 19.0 Å². The van der Waals surface area contributed by atoms with E-state index in [0.29, 0.717) is 19.1 Å². The Labute approximate surface area is 156 Å². The van der Waals surface area contributed by atoms with E-state index in [1.807, 2.05) is 61.5 Å². The first kappa shape index (κ1) is 18.7. The molecule has 0 bridgehead atoms. The van der Waals surface area contributed by atoms with Gasteiger partial charge in [0.05, 0.1) is 6.61 Å². The highest BCUT2D eigenvalue weighted by atomic mass is 16.5. The highest BCUT2D eigenvalue weighted by Gasteiger charge is 2.22. The number of aliphatic hydroxyl groups excluding tert-OH is 1. The maximum Gasteiger partial charge on any atom is 0.119 e. The highest BCUT2D eigenvalue weighted by molar-refractivity contribution is 5.26. The van der Waals surface area contributed by atoms with E-state index in [0.717, 1.165) is 37.6 Å². The molecule has 4 nitrogen and oxygen atoms in total. The Morgan fingerprint density at radius 1 is 1.04 bits per heavy atom. The van der Waals surface area contributed by atoms with Crippen LogP contribution in [0, 0.1) is 12.8 Å². The number of aryl methyl sites for hydroxylation is 1. The number of benzene rings is 2. The van der Waals surface area contributed by atoms with Crippen LogP contribution in [0.1, 0.15) is 18.4 Å². The van der Waals surface area contributed by atoms with E-state index in [1.165, 1.54) is 12.0 Å². The summed E-state index contributed by atoms with van der Waals surface area (Å²) < 4.78 is 11.6. The molecular weight excluding hydrogens is 326 g/mol. The minimum atomic E-state index is -0.481. The predicted molar refractivity (Wildman–Crippen MR) is 104 cm³/mol. The minimum Gasteiger partial charge on any atom is -0.493 e. The van der Waals surface area contributed by atoms with Crippen LogP contribution in [0.2, 0.25) is 0 Å². The van der Waals surface area contributed by atoms with Crippen LogP contribution in [0.25, 0.3) is 0 Å². The first-order valence-corrected chi connectivity index (χ1v) is 9.47. The largest absolute Gasteiger partial charge is 0.493 e. The summed E-state index contributed by atoms with van der Waals surface area (Å²) in [4.78, 5) is 2.33. The molecule has 1 aliphatic heterocycles. The van der Waals surface area contributed by atoms with E-state index < -0.39 is 6.10 Å². The van der Waals surface area contributed by atoms with Crippen LogP contribution >= 0.6 is 0 Å². The number of para-hydroxylation sites is 1. The molecule has 1 heterocycles. The first-order valence-electron chi connectivity index (χ1n) is 9.47. The topological polar surface area (TPSA) is 41.9 Å². The normalized spacial score (nSPS) is 19.1. The Kier molecular flexibility index (Phi) is 6.92. The molecular formula is C22H29NO3. The van der Waals surface area contributed by atoms with Crippen molar-refractivity contribution in [2.24, 2.45) is 5.92 Å². The molecule has 1 saturated heterocycles. The number of ether oxygens (including phenoxy) is 2. The molecule has 0 aliphatic carbocycles. The van der Waals surface area contributed by atoms with Crippen molar-refractivity contribution in [3.8, 4) is 11.5 Å². The number of aliphatic hydroxyl groups is 1. The van der Waals surface area contributed by atoms with Crippen LogP contribution in [0.5, 0.6) is 11.5 Å². The van der Waals surface area contributed by atoms with Crippen molar-refractivity contribution in [1.29, 1.82) is 0 Å². The average Bonchev–Trinajstić information content (AvgIpc) is 2.67. The second kappa shape index (κ2) is 9.60. The molecule has 1 aliphatic rings. The van der Waals surface area contributed by atoms with Crippen LogP contribution < -0.4 is 9.47 Å². The highest BCUT2D eigenvalue weighted by Crippen LogP contribution is 2.19. The number of nitrogens with zero attached hydrogens (tertiary/aromatic N) is 1. The van der Waals surface area contributed by atoms with Crippen molar-refractivity contribution in [2.75, 3.05) is 32.8 Å². The Morgan fingerprint density at radius 2 is 1.77 bits per heavy atom. The van der Waals surface area contributed by atoms with Gasteiger partial charge in [0.2, 0.25) is 0 Å². The lowest BCUT2D eigenvalue weighted by Crippen LogP contribution is -2.43. The maximum absolute atomic E-state index is 10.3. The summed E-state index contributed by atoms with van der Waals surface area (Å²) in [6.07, 6.45) is 1.85. The van der Waals surface area contributed by atoms with Gasteiger partial charge in [-0.15, -0.1) is 0 Å². The fourth-order valence-electron chi connectivity index (χ4n) is 3.36. The Morgan fingerprint density at radius 3 is 2.54 bits per heavy atom. The van der Waals surface area contributed by atoms with Gasteiger partial charge in [0.1, 0.15) is 24.2 Å². The lowest BCUT2D eigenvalue weighted by Gasteiger charge is -2.33. The summed E-state index contributed by atoms with van der Waals surface area (Å²) in [6.45, 7) is 5.75. The molecule has 0 saturated carbocycles. The Balaban J connectivity index is 1.39. The fraction of sp³-hybridized carbons (Fsp3) is 0.455. The molecule has 0 radical (unpaired) electrons. The van der Waals surface area contributed by atoms with Gasteiger partial charge in [-0.05, 0) is 50.6 Å². The third kappa shape index (κ3) is 6.04. The van der Waals surface area contributed by atoms with Gasteiger partial charge in [-0.3, -0.25) is 0 Å². The predicted octanol–water partition coefficient (Wildman–Crippen LogP) is 3.53. The molecule has 140 valence electrons. The number of likely N-dealkylation sites (tertiary alicyclic amines) is 1. The van der Waals surface area contributed by atoms with Gasteiger partial charge in [-0.25, -0.2) is 0 Å². The monoisotopic (exact) mass is 355 g/mol. The molecule has 0 amide bonds. The first-order chi connectivity index (χ1) is 12.7. The van der Waals surface area contributed by atoms with Gasteiger partial charge >= 0.3 is 0 Å². The molecule has 2 aromatic rings. The summed E-state index contributed by atoms with van der Waals surface area (Å²) in [5.74, 6) is 2.24. The van der Waals surface area contributed by atoms with Crippen molar-refractivity contribution in [1.82, 2.24) is 4.90 Å². The van der Waals surface area contributed by atoms with Crippen LogP contribution in [-0.4, -0.2) is 49.0 Å². The van der Waals surface area contributed by atoms with E-state index in [4.69, 9.17) is 9.47 Å². The van der Waals surface area contributed by atoms with Crippen LogP contribution in [-0.2, 0) is 0 Å². The summed E-state index contributed by atoms with van der Waals surface area (Å²) in [5, 5.41) is 10.3. The summed E-state index contributed by atoms with van der Waals surface area (Å²) >= 11 is 0. The standard InChI is InChI=1S/C22H29NO3/c1-18-9-11-22(12-10-18)26-17-20(24)15-23-13-5-6-19(14-23)16-25-21-7-3-2-4-8-21/h2-4,7-12,19-20,24H,5-6,13-17H2,1H3. The Hall–Kier alpha value is -2.04. The van der Waals surface area contributed by atoms with E-state index in [2.05, 4.69) is 4.90 Å². The zero-order valence-corrected chi connectivity index (χ0v) is 15.5. The molecule has 1 N–H and O–H groups in total. The van der Waals surface area contributed by atoms with E-state index >= 15 is 0 Å². The Bertz CT molecular complexity index is 644. The van der Waals surface area contributed by atoms with Crippen molar-refractivity contribution in [2.45, 2.75) is 25.9 Å². The number of β-amino-alcohol motifs (C(OH)–C–C–N with tert-alkyl or cyclic N) is 1. The van der Waals surface area contributed by atoms with Crippen LogP contribution in [0.4, 0.5) is 0 Å². The van der Waals surface area contributed by atoms with Gasteiger partial charge in [-0.1, -0.05) is 35.9 Å². The van der Waals surface area contributed by atoms with Gasteiger partial charge in [0.25, 0.3) is 0 Å². The summed E-state index contributed by atoms with van der Waals surface area (Å²) in [6, 6.07) is 17.9. The quantitative estimate of drug-likeness (QED) is 0.787. The lowest BCUT2D eigenvalue weighted by molar-refractivity contribution is 0.0451. The molecule has 2 atom stereocenters. The minimum absolute atomic E-state index is 0.324. The van der Waals surface area contributed by atoms with Crippen LogP contribution in [0.3, 0.4) is 0 Å². The third-order valence-corrected chi connectivity index (χ3v) is 4.76. The zero-order chi connectivity index (χ0) is 18.2. The molecule has 2 aromatic carbocycles. The summed E-state index contributed by atoms with van der Waals surface area (Å²) in [5.41, 5.74) is 1.20. The molecule has 4 heteroatoms. The second-order valence-corrected chi connectivity index (χ2v) is 7.17. The SMILES string of the molecule is Cc1ccc(OCC(O)CN2CCCC(COc3ccccc3)C2)cc1. The number of piperidine rings is 1. The van der Waals surface area contributed by atoms with E-state index in [9.17, 15) is 5.11 Å². The average molecular weight is 355 g/mol. The molecule has 1 fully saturated rings. The van der Waals surface area contributed by atoms with Crippen molar-refractivity contribution in [3.63, 3.8) is 0 Å². The van der Waals surface area contributed by atoms with Crippen molar-refractivity contribution >= 4 is 0 Å². The fourth-order valence-corrected chi connectivity index (χ4v) is 3.36. The van der Waals surface area contributed by atoms with Gasteiger partial charge in [0.15, 0.2) is 0 Å². The van der Waals surface area contributed by atoms with Crippen molar-refractivity contribution in [3.05, 3.63) is 60.2 Å². The van der Waals surface area contributed by atoms with Gasteiger partial charge in [-0.2, -0.15) is 0 Å². The lowest BCUT2D eigenvalue weighted by atomic mass is 9.98. The third-order valence-electron chi connectivity index (χ3n) is 4.76. The second-order valence-electron chi connectivity index (χ2n) is 7.17. The number of hydrogen-bond donors (Lipinski definition) is 1. The van der Waals surface area contributed by atoms with Gasteiger partial charge < -0.3 is 19.5 Å². The molecule has 0 spiro atoms. The maximum atomic E-state index is 10.3. The molecule has 2 unspecified atom stereocenters. The summed E-state index contributed by atoms with van der Waals surface area (Å²) in [7, 11) is 0. The van der Waals surface area contributed by atoms with E-state index in [1.54, 1.807) is 0 Å². The number of rotatable bonds is 8. The number of hydrogen-bond acceptors (Lipinski definition) is 4. The van der Waals surface area contributed by atoms with Crippen LogP contribution in [0.15, 0.2) is 54.6 Å². The molecule has 26 heavy (non-hydrogen) atoms. The van der Waals surface area contributed by atoms with E-state index in [-0.39, 0.29) is 0 Å². The molecule has 3 rings (SSSR count). The zero-order valence-electron chi connectivity index (χ0n) is 15.5. The molecule has 0 aromatic heterocycles.